The lowest BCUT2D eigenvalue weighted by Crippen LogP contribution is -2.49. The summed E-state index contributed by atoms with van der Waals surface area (Å²) in [6, 6.07) is 14.6. The number of H-pyrrole nitrogens is 1. The van der Waals surface area contributed by atoms with Gasteiger partial charge in [-0.05, 0) is 48.6 Å². The molecule has 0 saturated carbocycles. The van der Waals surface area contributed by atoms with Crippen LogP contribution in [0.3, 0.4) is 0 Å². The predicted molar refractivity (Wildman–Crippen MR) is 129 cm³/mol. The number of carbonyl (C=O) groups excluding carboxylic acids is 2. The van der Waals surface area contributed by atoms with Crippen LogP contribution >= 0.6 is 0 Å². The molecular weight excluding hydrogens is 433 g/mol. The average Bonchev–Trinajstić information content (AvgIpc) is 3.25. The molecule has 1 aromatic heterocycles. The first kappa shape index (κ1) is 22.6. The summed E-state index contributed by atoms with van der Waals surface area (Å²) in [7, 11) is 0. The zero-order valence-corrected chi connectivity index (χ0v) is 19.3. The van der Waals surface area contributed by atoms with E-state index < -0.39 is 0 Å². The van der Waals surface area contributed by atoms with Gasteiger partial charge in [-0.2, -0.15) is 0 Å². The lowest BCUT2D eigenvalue weighted by molar-refractivity contribution is -0.144. The Kier molecular flexibility index (Phi) is 6.63. The number of hydrogen-bond donors (Lipinski definition) is 1. The lowest BCUT2D eigenvalue weighted by atomic mass is 9.95. The number of halogens is 1. The van der Waals surface area contributed by atoms with Crippen molar-refractivity contribution in [3.8, 4) is 11.3 Å². The van der Waals surface area contributed by atoms with Crippen molar-refractivity contribution in [1.29, 1.82) is 0 Å². The minimum atomic E-state index is -0.292. The highest BCUT2D eigenvalue weighted by molar-refractivity contribution is 5.91. The molecule has 1 atom stereocenters. The second kappa shape index (κ2) is 9.97. The van der Waals surface area contributed by atoms with Crippen LogP contribution in [0.15, 0.2) is 48.5 Å². The topological polar surface area (TPSA) is 65.6 Å². The number of ether oxygens (including phenoxy) is 1. The Balaban J connectivity index is 1.31. The van der Waals surface area contributed by atoms with Gasteiger partial charge >= 0.3 is 0 Å². The van der Waals surface area contributed by atoms with Crippen molar-refractivity contribution in [2.75, 3.05) is 39.4 Å². The molecule has 178 valence electrons. The number of rotatable bonds is 5. The van der Waals surface area contributed by atoms with Crippen molar-refractivity contribution >= 4 is 22.7 Å². The van der Waals surface area contributed by atoms with Gasteiger partial charge in [0.2, 0.25) is 11.8 Å². The average molecular weight is 464 g/mol. The third kappa shape index (κ3) is 4.71. The molecule has 1 unspecified atom stereocenters. The van der Waals surface area contributed by atoms with Crippen LogP contribution in [-0.4, -0.2) is 66.0 Å². The molecule has 2 fully saturated rings. The Hall–Kier alpha value is -3.19. The van der Waals surface area contributed by atoms with Crippen LogP contribution in [0.1, 0.15) is 24.8 Å². The summed E-state index contributed by atoms with van der Waals surface area (Å²) in [6.07, 6.45) is 2.48. The van der Waals surface area contributed by atoms with Crippen molar-refractivity contribution in [2.24, 2.45) is 5.92 Å². The van der Waals surface area contributed by atoms with Crippen LogP contribution in [0.4, 0.5) is 4.39 Å². The molecule has 1 N–H and O–H groups in total. The highest BCUT2D eigenvalue weighted by Gasteiger charge is 2.31. The number of aromatic nitrogens is 1. The molecule has 0 radical (unpaired) electrons. The number of nitrogens with one attached hydrogen (secondary N) is 1. The van der Waals surface area contributed by atoms with Crippen molar-refractivity contribution in [3.05, 3.63) is 59.9 Å². The van der Waals surface area contributed by atoms with Gasteiger partial charge in [-0.3, -0.25) is 9.59 Å². The summed E-state index contributed by atoms with van der Waals surface area (Å²) < 4.78 is 19.4. The van der Waals surface area contributed by atoms with E-state index in [1.807, 2.05) is 40.1 Å². The SMILES string of the molecule is O=C(CCc1c(-c2ccccc2)[nH]c2ccc(F)cc12)N1CCCC(C(=O)N2CCOCC2)C1. The Morgan fingerprint density at radius 1 is 1.03 bits per heavy atom. The van der Waals surface area contributed by atoms with Gasteiger partial charge < -0.3 is 19.5 Å². The van der Waals surface area contributed by atoms with Crippen LogP contribution < -0.4 is 0 Å². The first-order valence-corrected chi connectivity index (χ1v) is 12.1. The van der Waals surface area contributed by atoms with E-state index in [-0.39, 0.29) is 23.5 Å². The number of benzene rings is 2. The normalized spacial score (nSPS) is 18.9. The summed E-state index contributed by atoms with van der Waals surface area (Å²) in [6.45, 7) is 3.57. The molecule has 3 aromatic rings. The smallest absolute Gasteiger partial charge is 0.227 e. The van der Waals surface area contributed by atoms with Crippen LogP contribution in [0.25, 0.3) is 22.2 Å². The van der Waals surface area contributed by atoms with Gasteiger partial charge in [-0.15, -0.1) is 0 Å². The monoisotopic (exact) mass is 463 g/mol. The molecule has 2 amide bonds. The van der Waals surface area contributed by atoms with Gasteiger partial charge in [0.1, 0.15) is 5.82 Å². The number of likely N-dealkylation sites (tertiary alicyclic amines) is 1. The van der Waals surface area contributed by atoms with Crippen molar-refractivity contribution in [2.45, 2.75) is 25.7 Å². The number of hydrogen-bond acceptors (Lipinski definition) is 3. The second-order valence-electron chi connectivity index (χ2n) is 9.15. The molecule has 2 aromatic carbocycles. The number of fused-ring (bicyclic) bond motifs is 1. The maximum Gasteiger partial charge on any atom is 0.227 e. The fourth-order valence-electron chi connectivity index (χ4n) is 5.17. The molecule has 34 heavy (non-hydrogen) atoms. The maximum absolute atomic E-state index is 14.1. The summed E-state index contributed by atoms with van der Waals surface area (Å²) in [5.74, 6) is -0.249. The second-order valence-corrected chi connectivity index (χ2v) is 9.15. The number of amides is 2. The van der Waals surface area contributed by atoms with Crippen LogP contribution in [0.5, 0.6) is 0 Å². The van der Waals surface area contributed by atoms with Gasteiger partial charge in [0.15, 0.2) is 0 Å². The zero-order chi connectivity index (χ0) is 23.5. The van der Waals surface area contributed by atoms with Crippen LogP contribution in [-0.2, 0) is 20.7 Å². The van der Waals surface area contributed by atoms with E-state index >= 15 is 0 Å². The number of aromatic amines is 1. The van der Waals surface area contributed by atoms with E-state index in [0.29, 0.717) is 52.2 Å². The molecule has 7 heteroatoms. The Labute approximate surface area is 198 Å². The van der Waals surface area contributed by atoms with E-state index in [0.717, 1.165) is 40.6 Å². The first-order valence-electron chi connectivity index (χ1n) is 12.1. The third-order valence-electron chi connectivity index (χ3n) is 6.97. The molecule has 3 heterocycles. The summed E-state index contributed by atoms with van der Waals surface area (Å²) >= 11 is 0. The highest BCUT2D eigenvalue weighted by atomic mass is 19.1. The number of nitrogens with zero attached hydrogens (tertiary/aromatic N) is 2. The van der Waals surface area contributed by atoms with E-state index in [9.17, 15) is 14.0 Å². The molecule has 2 aliphatic heterocycles. The molecule has 6 nitrogen and oxygen atoms in total. The summed E-state index contributed by atoms with van der Waals surface area (Å²) in [5, 5.41) is 0.811. The maximum atomic E-state index is 14.1. The largest absolute Gasteiger partial charge is 0.378 e. The van der Waals surface area contributed by atoms with E-state index in [4.69, 9.17) is 4.74 Å². The van der Waals surface area contributed by atoms with Gasteiger partial charge in [-0.1, -0.05) is 30.3 Å². The van der Waals surface area contributed by atoms with Crippen LogP contribution in [0, 0.1) is 11.7 Å². The molecule has 2 aliphatic rings. The minimum Gasteiger partial charge on any atom is -0.378 e. The number of carbonyl (C=O) groups is 2. The lowest BCUT2D eigenvalue weighted by Gasteiger charge is -2.36. The van der Waals surface area contributed by atoms with E-state index in [1.165, 1.54) is 12.1 Å². The quantitative estimate of drug-likeness (QED) is 0.622. The Morgan fingerprint density at radius 2 is 1.82 bits per heavy atom. The minimum absolute atomic E-state index is 0.0456. The fraction of sp³-hybridized carbons (Fsp3) is 0.407. The molecule has 0 spiro atoms. The van der Waals surface area contributed by atoms with Crippen LogP contribution in [0.2, 0.25) is 0 Å². The first-order chi connectivity index (χ1) is 16.6. The number of morpholine rings is 1. The standard InChI is InChI=1S/C27H30FN3O3/c28-21-8-10-24-23(17-21)22(26(29-24)19-5-2-1-3-6-19)9-11-25(32)31-12-4-7-20(18-31)27(33)30-13-15-34-16-14-30/h1-3,5-6,8,10,17,20,29H,4,7,9,11-16,18H2. The molecule has 2 saturated heterocycles. The number of piperidine rings is 1. The van der Waals surface area contributed by atoms with Gasteiger partial charge in [0.05, 0.1) is 19.1 Å². The van der Waals surface area contributed by atoms with Crippen molar-refractivity contribution < 1.29 is 18.7 Å². The molecule has 0 bridgehead atoms. The highest BCUT2D eigenvalue weighted by Crippen LogP contribution is 2.32. The van der Waals surface area contributed by atoms with Gasteiger partial charge in [0, 0.05) is 49.2 Å². The molecule has 0 aliphatic carbocycles. The fourth-order valence-corrected chi connectivity index (χ4v) is 5.17. The zero-order valence-electron chi connectivity index (χ0n) is 19.3. The Bertz CT molecular complexity index is 1170. The van der Waals surface area contributed by atoms with Gasteiger partial charge in [0.25, 0.3) is 0 Å². The summed E-state index contributed by atoms with van der Waals surface area (Å²) in [4.78, 5) is 33.2. The van der Waals surface area contributed by atoms with E-state index in [2.05, 4.69) is 4.98 Å². The van der Waals surface area contributed by atoms with Gasteiger partial charge in [-0.25, -0.2) is 4.39 Å². The van der Waals surface area contributed by atoms with Crippen molar-refractivity contribution in [3.63, 3.8) is 0 Å². The predicted octanol–water partition coefficient (Wildman–Crippen LogP) is 4.00. The molecule has 5 rings (SSSR count). The number of aryl methyl sites for hydroxylation is 1. The third-order valence-corrected chi connectivity index (χ3v) is 6.97. The Morgan fingerprint density at radius 3 is 2.62 bits per heavy atom. The summed E-state index contributed by atoms with van der Waals surface area (Å²) in [5.41, 5.74) is 3.74. The van der Waals surface area contributed by atoms with E-state index in [1.54, 1.807) is 6.07 Å². The molecular formula is C27H30FN3O3. The van der Waals surface area contributed by atoms with Crippen molar-refractivity contribution in [1.82, 2.24) is 14.8 Å².